The largest absolute Gasteiger partial charge is 0.417 e. The summed E-state index contributed by atoms with van der Waals surface area (Å²) in [5.41, 5.74) is -2.72. The van der Waals surface area contributed by atoms with E-state index in [9.17, 15) is 22.8 Å². The molecule has 1 heterocycles. The van der Waals surface area contributed by atoms with Gasteiger partial charge in [0.1, 0.15) is 5.52 Å². The molecule has 10 heteroatoms. The Morgan fingerprint density at radius 1 is 1.17 bits per heavy atom. The molecule has 0 spiro atoms. The lowest BCUT2D eigenvalue weighted by Gasteiger charge is -2.26. The van der Waals surface area contributed by atoms with Gasteiger partial charge in [-0.25, -0.2) is 4.68 Å². The van der Waals surface area contributed by atoms with Crippen molar-refractivity contribution < 1.29 is 18.0 Å². The summed E-state index contributed by atoms with van der Waals surface area (Å²) in [6.45, 7) is 3.08. The Kier molecular flexibility index (Phi) is 5.36. The number of amides is 1. The lowest BCUT2D eigenvalue weighted by atomic mass is 10.0. The third-order valence-corrected chi connectivity index (χ3v) is 4.59. The van der Waals surface area contributed by atoms with Gasteiger partial charge in [-0.1, -0.05) is 28.9 Å². The van der Waals surface area contributed by atoms with Crippen LogP contribution in [-0.4, -0.2) is 27.4 Å². The molecule has 0 radical (unpaired) electrons. The van der Waals surface area contributed by atoms with Crippen molar-refractivity contribution in [2.45, 2.75) is 25.6 Å². The summed E-state index contributed by atoms with van der Waals surface area (Å²) >= 11 is 5.88. The number of benzene rings is 2. The zero-order valence-corrected chi connectivity index (χ0v) is 16.2. The van der Waals surface area contributed by atoms with Gasteiger partial charge in [-0.3, -0.25) is 9.59 Å². The smallest absolute Gasteiger partial charge is 0.350 e. The normalized spacial score (nSPS) is 12.2. The van der Waals surface area contributed by atoms with E-state index in [1.54, 1.807) is 19.9 Å². The standard InChI is InChI=1S/C19H16ClF3N4O2/c1-18(2,27-17(29)13-8-7-11(20)9-15(13)25-26-27)10-24-16(28)12-5-3-4-6-14(12)19(21,22)23/h3-9H,10H2,1-2H3,(H,24,28). The number of alkyl halides is 3. The van der Waals surface area contributed by atoms with Crippen LogP contribution in [0.2, 0.25) is 5.02 Å². The first-order chi connectivity index (χ1) is 13.5. The minimum absolute atomic E-state index is 0.147. The number of rotatable bonds is 4. The summed E-state index contributed by atoms with van der Waals surface area (Å²) in [4.78, 5) is 25.1. The maximum absolute atomic E-state index is 13.1. The average molecular weight is 425 g/mol. The van der Waals surface area contributed by atoms with E-state index in [1.165, 1.54) is 24.3 Å². The molecule has 0 fully saturated rings. The van der Waals surface area contributed by atoms with E-state index in [1.807, 2.05) is 0 Å². The van der Waals surface area contributed by atoms with Crippen LogP contribution < -0.4 is 10.9 Å². The van der Waals surface area contributed by atoms with Gasteiger partial charge in [0.05, 0.1) is 22.1 Å². The van der Waals surface area contributed by atoms with Gasteiger partial charge >= 0.3 is 6.18 Å². The Balaban J connectivity index is 1.87. The summed E-state index contributed by atoms with van der Waals surface area (Å²) < 4.78 is 40.5. The average Bonchev–Trinajstić information content (AvgIpc) is 2.65. The van der Waals surface area contributed by atoms with Crippen LogP contribution in [0.4, 0.5) is 13.2 Å². The van der Waals surface area contributed by atoms with Gasteiger partial charge in [0.15, 0.2) is 0 Å². The second-order valence-electron chi connectivity index (χ2n) is 7.01. The maximum atomic E-state index is 13.1. The highest BCUT2D eigenvalue weighted by Crippen LogP contribution is 2.31. The molecule has 0 saturated carbocycles. The molecular formula is C19H16ClF3N4O2. The fraction of sp³-hybridized carbons (Fsp3) is 0.263. The summed E-state index contributed by atoms with van der Waals surface area (Å²) in [6, 6.07) is 9.04. The highest BCUT2D eigenvalue weighted by molar-refractivity contribution is 6.31. The monoisotopic (exact) mass is 424 g/mol. The van der Waals surface area contributed by atoms with Crippen LogP contribution >= 0.6 is 11.6 Å². The van der Waals surface area contributed by atoms with Gasteiger partial charge in [-0.05, 0) is 44.2 Å². The van der Waals surface area contributed by atoms with Crippen molar-refractivity contribution in [1.29, 1.82) is 0 Å². The van der Waals surface area contributed by atoms with Crippen LogP contribution in [0.1, 0.15) is 29.8 Å². The van der Waals surface area contributed by atoms with Crippen LogP contribution in [0.3, 0.4) is 0 Å². The summed E-state index contributed by atoms with van der Waals surface area (Å²) in [6.07, 6.45) is -4.66. The Labute approximate surface area is 168 Å². The van der Waals surface area contributed by atoms with Crippen LogP contribution in [-0.2, 0) is 11.7 Å². The molecule has 0 atom stereocenters. The van der Waals surface area contributed by atoms with E-state index in [2.05, 4.69) is 15.6 Å². The van der Waals surface area contributed by atoms with Crippen molar-refractivity contribution in [3.63, 3.8) is 0 Å². The zero-order valence-electron chi connectivity index (χ0n) is 15.4. The van der Waals surface area contributed by atoms with E-state index in [0.29, 0.717) is 10.5 Å². The molecule has 6 nitrogen and oxygen atoms in total. The second-order valence-corrected chi connectivity index (χ2v) is 7.44. The first-order valence-electron chi connectivity index (χ1n) is 8.51. The van der Waals surface area contributed by atoms with Crippen molar-refractivity contribution in [1.82, 2.24) is 20.3 Å². The number of carbonyl (C=O) groups excluding carboxylic acids is 1. The van der Waals surface area contributed by atoms with Crippen LogP contribution in [0.25, 0.3) is 10.9 Å². The molecule has 1 aromatic heterocycles. The molecular weight excluding hydrogens is 409 g/mol. The van der Waals surface area contributed by atoms with Crippen LogP contribution in [0, 0.1) is 0 Å². The molecule has 29 heavy (non-hydrogen) atoms. The Morgan fingerprint density at radius 2 is 1.86 bits per heavy atom. The SMILES string of the molecule is CC(C)(CNC(=O)c1ccccc1C(F)(F)F)n1nnc2cc(Cl)ccc2c1=O. The Bertz CT molecular complexity index is 1140. The minimum Gasteiger partial charge on any atom is -0.350 e. The Morgan fingerprint density at radius 3 is 2.55 bits per heavy atom. The highest BCUT2D eigenvalue weighted by Gasteiger charge is 2.35. The minimum atomic E-state index is -4.66. The predicted octanol–water partition coefficient (Wildman–Crippen LogP) is 3.63. The third kappa shape index (κ3) is 4.24. The van der Waals surface area contributed by atoms with Crippen molar-refractivity contribution in [3.05, 3.63) is 69.0 Å². The first-order valence-corrected chi connectivity index (χ1v) is 8.89. The van der Waals surface area contributed by atoms with Crippen LogP contribution in [0.5, 0.6) is 0 Å². The maximum Gasteiger partial charge on any atom is 0.417 e. The number of hydrogen-bond donors (Lipinski definition) is 1. The van der Waals surface area contributed by atoms with Gasteiger partial charge < -0.3 is 5.32 Å². The number of aromatic nitrogens is 3. The molecule has 1 amide bonds. The van der Waals surface area contributed by atoms with E-state index < -0.39 is 34.3 Å². The molecule has 0 unspecified atom stereocenters. The van der Waals surface area contributed by atoms with Gasteiger partial charge in [-0.2, -0.15) is 13.2 Å². The number of nitrogens with one attached hydrogen (secondary N) is 1. The number of halogens is 4. The van der Waals surface area contributed by atoms with Crippen molar-refractivity contribution >= 4 is 28.4 Å². The number of hydrogen-bond acceptors (Lipinski definition) is 4. The molecule has 3 rings (SSSR count). The highest BCUT2D eigenvalue weighted by atomic mass is 35.5. The van der Waals surface area contributed by atoms with Gasteiger partial charge in [0, 0.05) is 11.6 Å². The molecule has 0 aliphatic rings. The molecule has 0 bridgehead atoms. The number of nitrogens with zero attached hydrogens (tertiary/aromatic N) is 3. The van der Waals surface area contributed by atoms with E-state index in [4.69, 9.17) is 11.6 Å². The van der Waals surface area contributed by atoms with Gasteiger partial charge in [-0.15, -0.1) is 5.10 Å². The summed E-state index contributed by atoms with van der Waals surface area (Å²) in [7, 11) is 0. The molecule has 152 valence electrons. The molecule has 3 aromatic rings. The van der Waals surface area contributed by atoms with E-state index >= 15 is 0 Å². The fourth-order valence-electron chi connectivity index (χ4n) is 2.81. The zero-order chi connectivity index (χ0) is 21.4. The Hall–Kier alpha value is -2.94. The van der Waals surface area contributed by atoms with Crippen molar-refractivity contribution in [3.8, 4) is 0 Å². The van der Waals surface area contributed by atoms with E-state index in [-0.39, 0.29) is 11.9 Å². The number of fused-ring (bicyclic) bond motifs is 1. The fourth-order valence-corrected chi connectivity index (χ4v) is 2.97. The second kappa shape index (κ2) is 7.47. The number of carbonyl (C=O) groups is 1. The van der Waals surface area contributed by atoms with Gasteiger partial charge in [0.2, 0.25) is 0 Å². The first kappa shape index (κ1) is 20.8. The lowest BCUT2D eigenvalue weighted by Crippen LogP contribution is -2.47. The van der Waals surface area contributed by atoms with Crippen molar-refractivity contribution in [2.24, 2.45) is 0 Å². The van der Waals surface area contributed by atoms with Crippen molar-refractivity contribution in [2.75, 3.05) is 6.54 Å². The topological polar surface area (TPSA) is 76.9 Å². The lowest BCUT2D eigenvalue weighted by molar-refractivity contribution is -0.137. The quantitative estimate of drug-likeness (QED) is 0.694. The summed E-state index contributed by atoms with van der Waals surface area (Å²) in [5.74, 6) is -0.903. The predicted molar refractivity (Wildman–Crippen MR) is 102 cm³/mol. The van der Waals surface area contributed by atoms with Crippen LogP contribution in [0.15, 0.2) is 47.3 Å². The summed E-state index contributed by atoms with van der Waals surface area (Å²) in [5, 5.41) is 11.0. The van der Waals surface area contributed by atoms with Gasteiger partial charge in [0.25, 0.3) is 11.5 Å². The molecule has 2 aromatic carbocycles. The molecule has 0 aliphatic heterocycles. The van der Waals surface area contributed by atoms with E-state index in [0.717, 1.165) is 16.8 Å². The molecule has 0 saturated heterocycles. The molecule has 0 aliphatic carbocycles. The third-order valence-electron chi connectivity index (χ3n) is 4.36. The molecule has 1 N–H and O–H groups in total.